The molecule has 0 spiro atoms. The second-order valence-electron chi connectivity index (χ2n) is 4.09. The van der Waals surface area contributed by atoms with Gasteiger partial charge in [-0.05, 0) is 37.0 Å². The molecule has 0 saturated heterocycles. The van der Waals surface area contributed by atoms with Gasteiger partial charge in [0, 0.05) is 0 Å². The summed E-state index contributed by atoms with van der Waals surface area (Å²) < 4.78 is 0. The van der Waals surface area contributed by atoms with E-state index in [9.17, 15) is 0 Å². The number of aryl methyl sites for hydroxylation is 2. The lowest BCUT2D eigenvalue weighted by molar-refractivity contribution is 1.14. The summed E-state index contributed by atoms with van der Waals surface area (Å²) in [5, 5.41) is 0. The van der Waals surface area contributed by atoms with Crippen LogP contribution in [0.25, 0.3) is 0 Å². The van der Waals surface area contributed by atoms with Crippen molar-refractivity contribution in [3.8, 4) is 0 Å². The first-order chi connectivity index (χ1) is 8.25. The first-order valence-electron chi connectivity index (χ1n) is 6.36. The van der Waals surface area contributed by atoms with E-state index in [0.29, 0.717) is 0 Å². The van der Waals surface area contributed by atoms with E-state index >= 15 is 0 Å². The van der Waals surface area contributed by atoms with Gasteiger partial charge in [0.25, 0.3) is 0 Å². The largest absolute Gasteiger partial charge is 0.0683 e. The van der Waals surface area contributed by atoms with Crippen LogP contribution in [-0.2, 0) is 6.42 Å². The number of hydrogen-bond donors (Lipinski definition) is 0. The van der Waals surface area contributed by atoms with Crippen molar-refractivity contribution in [1.82, 2.24) is 0 Å². The lowest BCUT2D eigenvalue weighted by Crippen LogP contribution is -1.92. The van der Waals surface area contributed by atoms with Crippen molar-refractivity contribution in [3.05, 3.63) is 70.8 Å². The molecule has 0 aromatic heterocycles. The Kier molecular flexibility index (Phi) is 5.48. The molecule has 0 saturated carbocycles. The smallest absolute Gasteiger partial charge is 0.00231 e. The van der Waals surface area contributed by atoms with E-state index in [4.69, 9.17) is 0 Å². The molecule has 0 aliphatic heterocycles. The summed E-state index contributed by atoms with van der Waals surface area (Å²) in [6.45, 7) is 8.33. The molecule has 0 nitrogen and oxygen atoms in total. The third-order valence-electron chi connectivity index (χ3n) is 2.74. The molecule has 0 aliphatic carbocycles. The normalized spacial score (nSPS) is 9.41. The second-order valence-corrected chi connectivity index (χ2v) is 4.09. The van der Waals surface area contributed by atoms with E-state index < -0.39 is 0 Å². The summed E-state index contributed by atoms with van der Waals surface area (Å²) in [5.41, 5.74) is 5.53. The maximum absolute atomic E-state index is 2.28. The van der Waals surface area contributed by atoms with Crippen LogP contribution in [0.3, 0.4) is 0 Å². The lowest BCUT2D eigenvalue weighted by atomic mass is 9.99. The fourth-order valence-corrected chi connectivity index (χ4v) is 1.81. The van der Waals surface area contributed by atoms with Crippen molar-refractivity contribution in [3.63, 3.8) is 0 Å². The fraction of sp³-hybridized carbons (Fsp3) is 0.294. The average molecular weight is 226 g/mol. The summed E-state index contributed by atoms with van der Waals surface area (Å²) in [6.07, 6.45) is 1.04. The topological polar surface area (TPSA) is 0 Å². The molecule has 90 valence electrons. The zero-order valence-corrected chi connectivity index (χ0v) is 11.3. The van der Waals surface area contributed by atoms with Gasteiger partial charge in [-0.15, -0.1) is 0 Å². The molecule has 0 bridgehead atoms. The van der Waals surface area contributed by atoms with E-state index in [2.05, 4.69) is 62.4 Å². The van der Waals surface area contributed by atoms with Gasteiger partial charge in [0.2, 0.25) is 0 Å². The van der Waals surface area contributed by atoms with Gasteiger partial charge in [-0.2, -0.15) is 0 Å². The molecule has 2 aromatic rings. The molecule has 17 heavy (non-hydrogen) atoms. The van der Waals surface area contributed by atoms with Gasteiger partial charge in [-0.3, -0.25) is 0 Å². The predicted molar refractivity (Wildman–Crippen MR) is 76.5 cm³/mol. The number of hydrogen-bond acceptors (Lipinski definition) is 0. The van der Waals surface area contributed by atoms with Crippen LogP contribution in [0.15, 0.2) is 48.5 Å². The van der Waals surface area contributed by atoms with Gasteiger partial charge in [0.05, 0.1) is 0 Å². The minimum atomic E-state index is 1.04. The van der Waals surface area contributed by atoms with E-state index in [1.54, 1.807) is 0 Å². The number of benzene rings is 2. The van der Waals surface area contributed by atoms with Gasteiger partial charge < -0.3 is 0 Å². The Morgan fingerprint density at radius 2 is 1.47 bits per heavy atom. The Morgan fingerprint density at radius 1 is 0.824 bits per heavy atom. The van der Waals surface area contributed by atoms with E-state index in [-0.39, 0.29) is 0 Å². The average Bonchev–Trinajstić information content (AvgIpc) is 2.38. The zero-order valence-electron chi connectivity index (χ0n) is 11.3. The summed E-state index contributed by atoms with van der Waals surface area (Å²) in [4.78, 5) is 0. The van der Waals surface area contributed by atoms with Crippen molar-refractivity contribution in [2.75, 3.05) is 0 Å². The third-order valence-corrected chi connectivity index (χ3v) is 2.74. The molecule has 0 fully saturated rings. The Morgan fingerprint density at radius 3 is 2.12 bits per heavy atom. The van der Waals surface area contributed by atoms with E-state index in [1.165, 1.54) is 22.3 Å². The highest BCUT2D eigenvalue weighted by atomic mass is 14.0. The van der Waals surface area contributed by atoms with Crippen LogP contribution in [0, 0.1) is 13.8 Å². The molecule has 0 unspecified atom stereocenters. The molecule has 0 radical (unpaired) electrons. The first-order valence-corrected chi connectivity index (χ1v) is 6.36. The highest BCUT2D eigenvalue weighted by Crippen LogP contribution is 2.15. The maximum Gasteiger partial charge on any atom is -0.00231 e. The van der Waals surface area contributed by atoms with Gasteiger partial charge in [0.15, 0.2) is 0 Å². The fourth-order valence-electron chi connectivity index (χ4n) is 1.81. The van der Waals surface area contributed by atoms with Crippen LogP contribution in [0.5, 0.6) is 0 Å². The monoisotopic (exact) mass is 226 g/mol. The van der Waals surface area contributed by atoms with Crippen LogP contribution in [-0.4, -0.2) is 0 Å². The summed E-state index contributed by atoms with van der Waals surface area (Å²) in [6, 6.07) is 17.3. The highest BCUT2D eigenvalue weighted by molar-refractivity contribution is 5.34. The quantitative estimate of drug-likeness (QED) is 0.681. The molecule has 2 aromatic carbocycles. The molecule has 0 aliphatic rings. The minimum Gasteiger partial charge on any atom is -0.0683 e. The Labute approximate surface area is 105 Å². The number of rotatable bonds is 2. The van der Waals surface area contributed by atoms with Crippen molar-refractivity contribution in [2.24, 2.45) is 0 Å². The lowest BCUT2D eigenvalue weighted by Gasteiger charge is -2.07. The maximum atomic E-state index is 2.28. The summed E-state index contributed by atoms with van der Waals surface area (Å²) in [7, 11) is 0. The van der Waals surface area contributed by atoms with Gasteiger partial charge >= 0.3 is 0 Å². The van der Waals surface area contributed by atoms with Gasteiger partial charge in [-0.1, -0.05) is 67.9 Å². The van der Waals surface area contributed by atoms with E-state index in [1.807, 2.05) is 13.8 Å². The molecule has 0 heterocycles. The van der Waals surface area contributed by atoms with Crippen LogP contribution >= 0.6 is 0 Å². The first kappa shape index (κ1) is 13.5. The van der Waals surface area contributed by atoms with E-state index in [0.717, 1.165) is 6.42 Å². The molecular weight excluding hydrogens is 204 g/mol. The summed E-state index contributed by atoms with van der Waals surface area (Å²) in [5.74, 6) is 0. The predicted octanol–water partition coefficient (Wildman–Crippen LogP) is 4.92. The molecule has 0 atom stereocenters. The second kappa shape index (κ2) is 6.90. The Hall–Kier alpha value is -1.56. The van der Waals surface area contributed by atoms with Crippen molar-refractivity contribution in [2.45, 2.75) is 34.1 Å². The highest BCUT2D eigenvalue weighted by Gasteiger charge is 1.99. The molecule has 0 N–H and O–H groups in total. The SMILES string of the molecule is CC.Cc1ccc(C)c(Cc2ccccc2)c1. The van der Waals surface area contributed by atoms with Gasteiger partial charge in [-0.25, -0.2) is 0 Å². The Bertz CT molecular complexity index is 441. The minimum absolute atomic E-state index is 1.04. The third kappa shape index (κ3) is 4.07. The van der Waals surface area contributed by atoms with Crippen molar-refractivity contribution in [1.29, 1.82) is 0 Å². The van der Waals surface area contributed by atoms with Crippen LogP contribution in [0.4, 0.5) is 0 Å². The van der Waals surface area contributed by atoms with Crippen LogP contribution in [0.2, 0.25) is 0 Å². The molecule has 0 heteroatoms. The zero-order chi connectivity index (χ0) is 12.7. The molecule has 2 rings (SSSR count). The van der Waals surface area contributed by atoms with Gasteiger partial charge in [0.1, 0.15) is 0 Å². The van der Waals surface area contributed by atoms with Crippen molar-refractivity contribution >= 4 is 0 Å². The molecular formula is C17H22. The standard InChI is InChI=1S/C15H16.C2H6/c1-12-8-9-13(2)15(10-12)11-14-6-4-3-5-7-14;1-2/h3-10H,11H2,1-2H3;1-2H3. The summed E-state index contributed by atoms with van der Waals surface area (Å²) >= 11 is 0. The van der Waals surface area contributed by atoms with Crippen LogP contribution in [0.1, 0.15) is 36.1 Å². The molecule has 0 amide bonds. The van der Waals surface area contributed by atoms with Crippen molar-refractivity contribution < 1.29 is 0 Å². The Balaban J connectivity index is 0.000000686. The van der Waals surface area contributed by atoms with Crippen LogP contribution < -0.4 is 0 Å².